The van der Waals surface area contributed by atoms with Crippen LogP contribution >= 0.6 is 0 Å². The van der Waals surface area contributed by atoms with E-state index in [9.17, 15) is 0 Å². The zero-order valence-electron chi connectivity index (χ0n) is 11.8. The number of aromatic amines is 1. The minimum absolute atomic E-state index is 0.631. The second kappa shape index (κ2) is 5.06. The Morgan fingerprint density at radius 2 is 2.05 bits per heavy atom. The summed E-state index contributed by atoms with van der Waals surface area (Å²) in [6.45, 7) is 4.73. The molecule has 2 aromatic heterocycles. The van der Waals surface area contributed by atoms with E-state index in [1.54, 1.807) is 0 Å². The summed E-state index contributed by atoms with van der Waals surface area (Å²) < 4.78 is 0. The third-order valence-corrected chi connectivity index (χ3v) is 3.48. The highest BCUT2D eigenvalue weighted by molar-refractivity contribution is 5.83. The third kappa shape index (κ3) is 2.18. The van der Waals surface area contributed by atoms with Crippen LogP contribution in [0.4, 0.5) is 0 Å². The first-order valence-electron chi connectivity index (χ1n) is 6.80. The van der Waals surface area contributed by atoms with Crippen molar-refractivity contribution >= 4 is 11.0 Å². The smallest absolute Gasteiger partial charge is 0.161 e. The Hall–Kier alpha value is -2.20. The van der Waals surface area contributed by atoms with Crippen LogP contribution in [-0.4, -0.2) is 21.5 Å². The maximum Gasteiger partial charge on any atom is 0.161 e. The number of H-pyrrole nitrogens is 1. The summed E-state index contributed by atoms with van der Waals surface area (Å²) in [7, 11) is 0. The lowest BCUT2D eigenvalue weighted by Gasteiger charge is -2.05. The van der Waals surface area contributed by atoms with Crippen molar-refractivity contribution in [1.82, 2.24) is 15.0 Å². The predicted octanol–water partition coefficient (Wildman–Crippen LogP) is 2.74. The van der Waals surface area contributed by atoms with Crippen molar-refractivity contribution in [3.8, 4) is 11.4 Å². The first-order chi connectivity index (χ1) is 9.69. The molecule has 4 nitrogen and oxygen atoms in total. The summed E-state index contributed by atoms with van der Waals surface area (Å²) >= 11 is 0. The van der Waals surface area contributed by atoms with Crippen LogP contribution in [-0.2, 0) is 6.42 Å². The second-order valence-corrected chi connectivity index (χ2v) is 5.08. The molecule has 3 aromatic rings. The number of nitrogens with one attached hydrogen (secondary N) is 1. The molecule has 0 radical (unpaired) electrons. The van der Waals surface area contributed by atoms with Crippen LogP contribution in [0.3, 0.4) is 0 Å². The Labute approximate surface area is 118 Å². The van der Waals surface area contributed by atoms with Gasteiger partial charge in [0.1, 0.15) is 5.65 Å². The summed E-state index contributed by atoms with van der Waals surface area (Å²) in [6.07, 6.45) is 2.83. The van der Waals surface area contributed by atoms with Gasteiger partial charge in [-0.25, -0.2) is 9.97 Å². The van der Waals surface area contributed by atoms with Crippen LogP contribution in [0.5, 0.6) is 0 Å². The molecule has 0 aliphatic heterocycles. The highest BCUT2D eigenvalue weighted by Gasteiger charge is 2.11. The van der Waals surface area contributed by atoms with Gasteiger partial charge in [0.2, 0.25) is 0 Å². The molecule has 3 rings (SSSR count). The Kier molecular flexibility index (Phi) is 3.24. The van der Waals surface area contributed by atoms with Gasteiger partial charge in [-0.05, 0) is 38.4 Å². The maximum absolute atomic E-state index is 5.64. The zero-order chi connectivity index (χ0) is 14.1. The van der Waals surface area contributed by atoms with Crippen molar-refractivity contribution in [2.75, 3.05) is 6.54 Å². The molecule has 4 heteroatoms. The van der Waals surface area contributed by atoms with Gasteiger partial charge in [0.15, 0.2) is 5.82 Å². The molecule has 20 heavy (non-hydrogen) atoms. The van der Waals surface area contributed by atoms with Gasteiger partial charge in [-0.3, -0.25) is 0 Å². The number of hydrogen-bond donors (Lipinski definition) is 2. The lowest BCUT2D eigenvalue weighted by molar-refractivity contribution is 0.974. The molecule has 3 N–H and O–H groups in total. The largest absolute Gasteiger partial charge is 0.346 e. The number of aryl methyl sites for hydroxylation is 2. The van der Waals surface area contributed by atoms with Gasteiger partial charge < -0.3 is 10.7 Å². The molecule has 0 saturated heterocycles. The van der Waals surface area contributed by atoms with Crippen LogP contribution in [0, 0.1) is 13.8 Å². The van der Waals surface area contributed by atoms with Crippen molar-refractivity contribution < 1.29 is 0 Å². The van der Waals surface area contributed by atoms with E-state index in [-0.39, 0.29) is 0 Å². The van der Waals surface area contributed by atoms with Gasteiger partial charge in [-0.15, -0.1) is 0 Å². The number of aromatic nitrogens is 3. The predicted molar refractivity (Wildman–Crippen MR) is 81.6 cm³/mol. The number of benzene rings is 1. The summed E-state index contributed by atoms with van der Waals surface area (Å²) in [5.74, 6) is 0.764. The van der Waals surface area contributed by atoms with Gasteiger partial charge in [0.05, 0.1) is 5.69 Å². The molecule has 0 amide bonds. The molecule has 0 bridgehead atoms. The fourth-order valence-corrected chi connectivity index (χ4v) is 2.56. The van der Waals surface area contributed by atoms with E-state index in [0.29, 0.717) is 6.54 Å². The van der Waals surface area contributed by atoms with E-state index in [0.717, 1.165) is 34.5 Å². The lowest BCUT2D eigenvalue weighted by Crippen LogP contribution is -2.02. The summed E-state index contributed by atoms with van der Waals surface area (Å²) in [4.78, 5) is 12.5. The molecule has 0 saturated carbocycles. The quantitative estimate of drug-likeness (QED) is 0.766. The van der Waals surface area contributed by atoms with E-state index in [4.69, 9.17) is 5.73 Å². The summed E-state index contributed by atoms with van der Waals surface area (Å²) in [5.41, 5.74) is 11.0. The number of fused-ring (bicyclic) bond motifs is 1. The highest BCUT2D eigenvalue weighted by Crippen LogP contribution is 2.24. The van der Waals surface area contributed by atoms with Crippen LogP contribution in [0.1, 0.15) is 16.8 Å². The number of nitrogens with two attached hydrogens (primary N) is 1. The van der Waals surface area contributed by atoms with Gasteiger partial charge in [-0.1, -0.05) is 23.8 Å². The minimum atomic E-state index is 0.631. The molecule has 0 atom stereocenters. The average Bonchev–Trinajstić information content (AvgIpc) is 2.83. The Balaban J connectivity index is 2.15. The van der Waals surface area contributed by atoms with Crippen molar-refractivity contribution in [3.05, 3.63) is 47.3 Å². The normalized spacial score (nSPS) is 11.2. The van der Waals surface area contributed by atoms with Crippen LogP contribution < -0.4 is 5.73 Å². The molecular formula is C16H18N4. The van der Waals surface area contributed by atoms with E-state index >= 15 is 0 Å². The van der Waals surface area contributed by atoms with Crippen molar-refractivity contribution in [3.63, 3.8) is 0 Å². The topological polar surface area (TPSA) is 67.6 Å². The van der Waals surface area contributed by atoms with Gasteiger partial charge in [0.25, 0.3) is 0 Å². The molecular weight excluding hydrogens is 248 g/mol. The monoisotopic (exact) mass is 266 g/mol. The van der Waals surface area contributed by atoms with E-state index < -0.39 is 0 Å². The summed E-state index contributed by atoms with van der Waals surface area (Å²) in [5, 5.41) is 1.10. The third-order valence-electron chi connectivity index (χ3n) is 3.48. The fraction of sp³-hybridized carbons (Fsp3) is 0.250. The SMILES string of the molecule is Cc1cccc(-c2nc(C)c3c(CCN)c[nH]c3n2)c1. The first-order valence-corrected chi connectivity index (χ1v) is 6.80. The molecule has 0 aliphatic rings. The highest BCUT2D eigenvalue weighted by atomic mass is 15.0. The molecule has 0 fully saturated rings. The standard InChI is InChI=1S/C16H18N4/c1-10-4-3-5-12(8-10)15-19-11(2)14-13(6-7-17)9-18-16(14)20-15/h3-5,8-9H,6-7,17H2,1-2H3,(H,18,19,20). The van der Waals surface area contributed by atoms with Gasteiger partial charge in [0, 0.05) is 17.1 Å². The first kappa shape index (κ1) is 12.8. The fourth-order valence-electron chi connectivity index (χ4n) is 2.56. The average molecular weight is 266 g/mol. The number of rotatable bonds is 3. The van der Waals surface area contributed by atoms with E-state index in [2.05, 4.69) is 34.0 Å². The van der Waals surface area contributed by atoms with Crippen molar-refractivity contribution in [2.45, 2.75) is 20.3 Å². The van der Waals surface area contributed by atoms with Gasteiger partial charge in [-0.2, -0.15) is 0 Å². The maximum atomic E-state index is 5.64. The Bertz CT molecular complexity index is 758. The van der Waals surface area contributed by atoms with Crippen LogP contribution in [0.15, 0.2) is 30.5 Å². The van der Waals surface area contributed by atoms with E-state index in [1.807, 2.05) is 25.3 Å². The minimum Gasteiger partial charge on any atom is -0.346 e. The molecule has 1 aromatic carbocycles. The Morgan fingerprint density at radius 1 is 1.20 bits per heavy atom. The number of nitrogens with zero attached hydrogens (tertiary/aromatic N) is 2. The second-order valence-electron chi connectivity index (χ2n) is 5.08. The van der Waals surface area contributed by atoms with Gasteiger partial charge >= 0.3 is 0 Å². The van der Waals surface area contributed by atoms with Crippen molar-refractivity contribution in [1.29, 1.82) is 0 Å². The lowest BCUT2D eigenvalue weighted by atomic mass is 10.1. The van der Waals surface area contributed by atoms with Crippen molar-refractivity contribution in [2.24, 2.45) is 5.73 Å². The molecule has 0 unspecified atom stereocenters. The van der Waals surface area contributed by atoms with Crippen LogP contribution in [0.2, 0.25) is 0 Å². The molecule has 0 spiro atoms. The van der Waals surface area contributed by atoms with Crippen LogP contribution in [0.25, 0.3) is 22.4 Å². The van der Waals surface area contributed by atoms with E-state index in [1.165, 1.54) is 11.1 Å². The molecule has 2 heterocycles. The number of hydrogen-bond acceptors (Lipinski definition) is 3. The molecule has 102 valence electrons. The Morgan fingerprint density at radius 3 is 2.80 bits per heavy atom. The summed E-state index contributed by atoms with van der Waals surface area (Å²) in [6, 6.07) is 8.24. The zero-order valence-corrected chi connectivity index (χ0v) is 11.8. The molecule has 0 aliphatic carbocycles.